The fourth-order valence-corrected chi connectivity index (χ4v) is 2.67. The lowest BCUT2D eigenvalue weighted by Crippen LogP contribution is -2.16. The molecule has 0 bridgehead atoms. The zero-order valence-corrected chi connectivity index (χ0v) is 13.1. The summed E-state index contributed by atoms with van der Waals surface area (Å²) in [6, 6.07) is 6.35. The minimum absolute atomic E-state index is 0.327. The average Bonchev–Trinajstić information content (AvgIpc) is 2.91. The van der Waals surface area contributed by atoms with E-state index in [9.17, 15) is 4.39 Å². The first-order chi connectivity index (χ1) is 10.0. The van der Waals surface area contributed by atoms with Gasteiger partial charge < -0.3 is 5.73 Å². The van der Waals surface area contributed by atoms with Crippen molar-refractivity contribution in [1.82, 2.24) is 9.78 Å². The highest BCUT2D eigenvalue weighted by atomic mass is 35.5. The van der Waals surface area contributed by atoms with Crippen molar-refractivity contribution in [2.24, 2.45) is 5.73 Å². The SMILES string of the molecule is CCC(CC)n1ccc(CC(N)c2cc(Cl)ccc2F)n1. The largest absolute Gasteiger partial charge is 0.324 e. The summed E-state index contributed by atoms with van der Waals surface area (Å²) in [7, 11) is 0. The maximum Gasteiger partial charge on any atom is 0.128 e. The first kappa shape index (κ1) is 16.0. The van der Waals surface area contributed by atoms with Gasteiger partial charge in [0.05, 0.1) is 11.7 Å². The number of halogens is 2. The Bertz CT molecular complexity index is 593. The number of hydrogen-bond donors (Lipinski definition) is 1. The van der Waals surface area contributed by atoms with Gasteiger partial charge in [-0.2, -0.15) is 5.10 Å². The van der Waals surface area contributed by atoms with Crippen LogP contribution in [-0.4, -0.2) is 9.78 Å². The molecule has 1 aromatic heterocycles. The Morgan fingerprint density at radius 1 is 1.29 bits per heavy atom. The first-order valence-electron chi connectivity index (χ1n) is 7.29. The molecule has 1 heterocycles. The smallest absolute Gasteiger partial charge is 0.128 e. The summed E-state index contributed by atoms with van der Waals surface area (Å²) in [6.07, 6.45) is 4.53. The van der Waals surface area contributed by atoms with Gasteiger partial charge in [0.1, 0.15) is 5.82 Å². The van der Waals surface area contributed by atoms with Crippen LogP contribution in [0.3, 0.4) is 0 Å². The lowest BCUT2D eigenvalue weighted by Gasteiger charge is -2.14. The molecule has 2 rings (SSSR count). The molecule has 114 valence electrons. The molecule has 2 N–H and O–H groups in total. The van der Waals surface area contributed by atoms with Gasteiger partial charge in [-0.25, -0.2) is 4.39 Å². The highest BCUT2D eigenvalue weighted by molar-refractivity contribution is 6.30. The molecule has 21 heavy (non-hydrogen) atoms. The molecular formula is C16H21ClFN3. The Morgan fingerprint density at radius 2 is 2.00 bits per heavy atom. The van der Waals surface area contributed by atoms with Crippen LogP contribution in [0.1, 0.15) is 50.0 Å². The topological polar surface area (TPSA) is 43.8 Å². The minimum atomic E-state index is -0.450. The normalized spacial score (nSPS) is 12.9. The number of rotatable bonds is 6. The monoisotopic (exact) mass is 309 g/mol. The van der Waals surface area contributed by atoms with Gasteiger partial charge >= 0.3 is 0 Å². The molecule has 0 amide bonds. The van der Waals surface area contributed by atoms with E-state index in [1.165, 1.54) is 12.1 Å². The third-order valence-corrected chi connectivity index (χ3v) is 4.00. The molecule has 0 saturated heterocycles. The standard InChI is InChI=1S/C16H21ClFN3/c1-3-13(4-2)21-8-7-12(20-21)10-16(19)14-9-11(17)5-6-15(14)18/h5-9,13,16H,3-4,10,19H2,1-2H3. The zero-order valence-electron chi connectivity index (χ0n) is 12.4. The molecule has 0 saturated carbocycles. The van der Waals surface area contributed by atoms with Crippen molar-refractivity contribution in [3.63, 3.8) is 0 Å². The van der Waals surface area contributed by atoms with Gasteiger partial charge in [0.25, 0.3) is 0 Å². The molecule has 1 unspecified atom stereocenters. The van der Waals surface area contributed by atoms with E-state index in [0.29, 0.717) is 23.0 Å². The Labute approximate surface area is 129 Å². The molecular weight excluding hydrogens is 289 g/mol. The molecule has 0 spiro atoms. The molecule has 0 radical (unpaired) electrons. The van der Waals surface area contributed by atoms with Crippen molar-refractivity contribution in [3.05, 3.63) is 52.6 Å². The van der Waals surface area contributed by atoms with E-state index in [1.807, 2.05) is 16.9 Å². The average molecular weight is 310 g/mol. The molecule has 3 nitrogen and oxygen atoms in total. The van der Waals surface area contributed by atoms with E-state index in [1.54, 1.807) is 6.07 Å². The maximum absolute atomic E-state index is 13.8. The van der Waals surface area contributed by atoms with Crippen LogP contribution in [0.25, 0.3) is 0 Å². The van der Waals surface area contributed by atoms with Gasteiger partial charge in [-0.15, -0.1) is 0 Å². The summed E-state index contributed by atoms with van der Waals surface area (Å²) in [5.74, 6) is -0.327. The maximum atomic E-state index is 13.8. The number of nitrogens with zero attached hydrogens (tertiary/aromatic N) is 2. The second kappa shape index (κ2) is 7.05. The predicted molar refractivity (Wildman–Crippen MR) is 83.9 cm³/mol. The fraction of sp³-hybridized carbons (Fsp3) is 0.438. The summed E-state index contributed by atoms with van der Waals surface area (Å²) >= 11 is 5.91. The Kier molecular flexibility index (Phi) is 5.37. The van der Waals surface area contributed by atoms with Crippen molar-refractivity contribution in [2.45, 2.75) is 45.2 Å². The van der Waals surface area contributed by atoms with E-state index in [2.05, 4.69) is 18.9 Å². The van der Waals surface area contributed by atoms with Crippen LogP contribution in [0.5, 0.6) is 0 Å². The third kappa shape index (κ3) is 3.83. The van der Waals surface area contributed by atoms with E-state index in [0.717, 1.165) is 18.5 Å². The van der Waals surface area contributed by atoms with Crippen molar-refractivity contribution in [2.75, 3.05) is 0 Å². The van der Waals surface area contributed by atoms with Crippen LogP contribution in [0.15, 0.2) is 30.5 Å². The van der Waals surface area contributed by atoms with Crippen LogP contribution in [0.4, 0.5) is 4.39 Å². The van der Waals surface area contributed by atoms with Crippen LogP contribution in [0.2, 0.25) is 5.02 Å². The van der Waals surface area contributed by atoms with Crippen LogP contribution in [-0.2, 0) is 6.42 Å². The van der Waals surface area contributed by atoms with Crippen LogP contribution in [0, 0.1) is 5.82 Å². The number of hydrogen-bond acceptors (Lipinski definition) is 2. The van der Waals surface area contributed by atoms with Crippen molar-refractivity contribution < 1.29 is 4.39 Å². The Balaban J connectivity index is 2.12. The molecule has 5 heteroatoms. The van der Waals surface area contributed by atoms with Gasteiger partial charge in [-0.3, -0.25) is 4.68 Å². The summed E-state index contributed by atoms with van der Waals surface area (Å²) in [5.41, 5.74) is 7.40. The fourth-order valence-electron chi connectivity index (χ4n) is 2.49. The van der Waals surface area contributed by atoms with E-state index in [4.69, 9.17) is 17.3 Å². The van der Waals surface area contributed by atoms with E-state index < -0.39 is 6.04 Å². The van der Waals surface area contributed by atoms with Crippen LogP contribution >= 0.6 is 11.6 Å². The summed E-state index contributed by atoms with van der Waals surface area (Å²) in [6.45, 7) is 4.28. The molecule has 0 fully saturated rings. The molecule has 0 aliphatic heterocycles. The molecule has 1 aromatic carbocycles. The lowest BCUT2D eigenvalue weighted by molar-refractivity contribution is 0.424. The van der Waals surface area contributed by atoms with Gasteiger partial charge in [0, 0.05) is 29.2 Å². The predicted octanol–water partition coefficient (Wildman–Crippen LogP) is 4.28. The first-order valence-corrected chi connectivity index (χ1v) is 7.67. The number of nitrogens with two attached hydrogens (primary N) is 1. The number of benzene rings is 1. The zero-order chi connectivity index (χ0) is 15.4. The van der Waals surface area contributed by atoms with E-state index >= 15 is 0 Å². The van der Waals surface area contributed by atoms with Crippen molar-refractivity contribution >= 4 is 11.6 Å². The quantitative estimate of drug-likeness (QED) is 0.865. The second-order valence-electron chi connectivity index (χ2n) is 5.23. The van der Waals surface area contributed by atoms with Crippen LogP contribution < -0.4 is 5.73 Å². The van der Waals surface area contributed by atoms with Crippen molar-refractivity contribution in [3.8, 4) is 0 Å². The highest BCUT2D eigenvalue weighted by Gasteiger charge is 2.15. The summed E-state index contributed by atoms with van der Waals surface area (Å²) in [5, 5.41) is 5.04. The second-order valence-corrected chi connectivity index (χ2v) is 5.67. The van der Waals surface area contributed by atoms with Gasteiger partial charge in [0.15, 0.2) is 0 Å². The van der Waals surface area contributed by atoms with Gasteiger partial charge in [-0.05, 0) is 37.1 Å². The molecule has 2 aromatic rings. The minimum Gasteiger partial charge on any atom is -0.324 e. The third-order valence-electron chi connectivity index (χ3n) is 3.77. The molecule has 0 aliphatic carbocycles. The van der Waals surface area contributed by atoms with Crippen molar-refractivity contribution in [1.29, 1.82) is 0 Å². The Morgan fingerprint density at radius 3 is 2.67 bits per heavy atom. The summed E-state index contributed by atoms with van der Waals surface area (Å²) < 4.78 is 15.8. The summed E-state index contributed by atoms with van der Waals surface area (Å²) in [4.78, 5) is 0. The van der Waals surface area contributed by atoms with Gasteiger partial charge in [0.2, 0.25) is 0 Å². The van der Waals surface area contributed by atoms with Gasteiger partial charge in [-0.1, -0.05) is 25.4 Å². The molecule has 0 aliphatic rings. The number of aromatic nitrogens is 2. The lowest BCUT2D eigenvalue weighted by atomic mass is 10.0. The molecule has 1 atom stereocenters. The highest BCUT2D eigenvalue weighted by Crippen LogP contribution is 2.23. The van der Waals surface area contributed by atoms with E-state index in [-0.39, 0.29) is 5.82 Å². The Hall–Kier alpha value is -1.39.